The largest absolute Gasteiger partial charge is 0.451 e. The predicted octanol–water partition coefficient (Wildman–Crippen LogP) is 5.08. The molecular formula is C17H11Cl2N3O4S. The molecule has 27 heavy (non-hydrogen) atoms. The second-order valence-electron chi connectivity index (χ2n) is 5.16. The summed E-state index contributed by atoms with van der Waals surface area (Å²) in [5.74, 6) is -0.384. The Morgan fingerprint density at radius 1 is 1.11 bits per heavy atom. The highest BCUT2D eigenvalue weighted by atomic mass is 35.5. The van der Waals surface area contributed by atoms with Crippen molar-refractivity contribution in [1.29, 1.82) is 0 Å². The SMILES string of the molecule is O=C(Oc1ccc(N(S)C(=O)Nc2cc(Cl)cc(Cl)c2)cc1)c1cocn1. The van der Waals surface area contributed by atoms with Gasteiger partial charge in [-0.05, 0) is 42.5 Å². The van der Waals surface area contributed by atoms with Gasteiger partial charge in [0.15, 0.2) is 12.1 Å². The Labute approximate surface area is 169 Å². The van der Waals surface area contributed by atoms with E-state index in [4.69, 9.17) is 32.4 Å². The quantitative estimate of drug-likeness (QED) is 0.347. The fourth-order valence-corrected chi connectivity index (χ4v) is 2.76. The van der Waals surface area contributed by atoms with Gasteiger partial charge in [-0.3, -0.25) is 0 Å². The number of oxazole rings is 1. The molecule has 1 heterocycles. The minimum atomic E-state index is -0.658. The number of nitrogens with zero attached hydrogens (tertiary/aromatic N) is 2. The Hall–Kier alpha value is -2.68. The number of aromatic nitrogens is 1. The van der Waals surface area contributed by atoms with Gasteiger partial charge in [0.2, 0.25) is 0 Å². The number of benzene rings is 2. The zero-order chi connectivity index (χ0) is 19.4. The van der Waals surface area contributed by atoms with E-state index >= 15 is 0 Å². The number of urea groups is 1. The molecule has 0 aliphatic carbocycles. The minimum absolute atomic E-state index is 0.0504. The van der Waals surface area contributed by atoms with Crippen molar-refractivity contribution in [1.82, 2.24) is 4.98 Å². The molecule has 0 radical (unpaired) electrons. The Kier molecular flexibility index (Phi) is 5.90. The molecule has 0 bridgehead atoms. The van der Waals surface area contributed by atoms with E-state index in [1.807, 2.05) is 0 Å². The molecular weight excluding hydrogens is 413 g/mol. The average Bonchev–Trinajstić information content (AvgIpc) is 3.15. The molecule has 0 fully saturated rings. The Bertz CT molecular complexity index is 945. The number of amides is 2. The molecule has 1 N–H and O–H groups in total. The number of carbonyl (C=O) groups excluding carboxylic acids is 2. The van der Waals surface area contributed by atoms with Crippen LogP contribution in [0, 0.1) is 0 Å². The van der Waals surface area contributed by atoms with Gasteiger partial charge >= 0.3 is 12.0 Å². The second kappa shape index (κ2) is 8.34. The number of anilines is 2. The maximum atomic E-state index is 12.3. The summed E-state index contributed by atoms with van der Waals surface area (Å²) >= 11 is 16.0. The summed E-state index contributed by atoms with van der Waals surface area (Å²) in [5, 5.41) is 3.41. The summed E-state index contributed by atoms with van der Waals surface area (Å²) in [6, 6.07) is 10.3. The number of rotatable bonds is 4. The molecule has 0 atom stereocenters. The van der Waals surface area contributed by atoms with Crippen molar-refractivity contribution in [3.8, 4) is 5.75 Å². The smallest absolute Gasteiger partial charge is 0.365 e. The van der Waals surface area contributed by atoms with E-state index in [1.54, 1.807) is 30.3 Å². The molecule has 0 aliphatic rings. The van der Waals surface area contributed by atoms with E-state index in [1.165, 1.54) is 18.4 Å². The number of halogens is 2. The average molecular weight is 424 g/mol. The van der Waals surface area contributed by atoms with Crippen LogP contribution in [0.15, 0.2) is 59.5 Å². The van der Waals surface area contributed by atoms with Crippen molar-refractivity contribution < 1.29 is 18.7 Å². The van der Waals surface area contributed by atoms with Crippen LogP contribution in [0.25, 0.3) is 0 Å². The van der Waals surface area contributed by atoms with Gasteiger partial charge < -0.3 is 14.5 Å². The van der Waals surface area contributed by atoms with Crippen molar-refractivity contribution in [3.05, 3.63) is 70.9 Å². The Morgan fingerprint density at radius 2 is 1.78 bits per heavy atom. The van der Waals surface area contributed by atoms with Gasteiger partial charge in [-0.25, -0.2) is 18.9 Å². The Balaban J connectivity index is 1.65. The first-order chi connectivity index (χ1) is 12.9. The van der Waals surface area contributed by atoms with Crippen molar-refractivity contribution in [3.63, 3.8) is 0 Å². The normalized spacial score (nSPS) is 10.3. The molecule has 2 amide bonds. The van der Waals surface area contributed by atoms with Gasteiger partial charge in [0, 0.05) is 15.7 Å². The number of esters is 1. The highest BCUT2D eigenvalue weighted by Crippen LogP contribution is 2.25. The van der Waals surface area contributed by atoms with Crippen LogP contribution in [0.2, 0.25) is 10.0 Å². The van der Waals surface area contributed by atoms with Crippen molar-refractivity contribution in [2.75, 3.05) is 9.62 Å². The predicted molar refractivity (Wildman–Crippen MR) is 105 cm³/mol. The number of nitrogens with one attached hydrogen (secondary N) is 1. The monoisotopic (exact) mass is 423 g/mol. The summed E-state index contributed by atoms with van der Waals surface area (Å²) in [6.07, 6.45) is 2.31. The molecule has 0 saturated carbocycles. The zero-order valence-corrected chi connectivity index (χ0v) is 15.8. The third-order valence-electron chi connectivity index (χ3n) is 3.24. The molecule has 3 rings (SSSR count). The third kappa shape index (κ3) is 4.94. The minimum Gasteiger partial charge on any atom is -0.451 e. The maximum Gasteiger partial charge on any atom is 0.365 e. The van der Waals surface area contributed by atoms with Gasteiger partial charge in [0.25, 0.3) is 0 Å². The Morgan fingerprint density at radius 3 is 2.37 bits per heavy atom. The van der Waals surface area contributed by atoms with E-state index in [2.05, 4.69) is 23.1 Å². The van der Waals surface area contributed by atoms with Crippen LogP contribution >= 0.6 is 36.0 Å². The van der Waals surface area contributed by atoms with E-state index in [0.717, 1.165) is 10.7 Å². The highest BCUT2D eigenvalue weighted by Gasteiger charge is 2.15. The number of thiol groups is 1. The van der Waals surface area contributed by atoms with Crippen molar-refractivity contribution in [2.45, 2.75) is 0 Å². The van der Waals surface area contributed by atoms with Crippen LogP contribution in [-0.4, -0.2) is 17.0 Å². The van der Waals surface area contributed by atoms with E-state index in [-0.39, 0.29) is 11.4 Å². The molecule has 0 spiro atoms. The van der Waals surface area contributed by atoms with Crippen molar-refractivity contribution in [2.24, 2.45) is 0 Å². The lowest BCUT2D eigenvalue weighted by molar-refractivity contribution is 0.0728. The topological polar surface area (TPSA) is 84.7 Å². The number of hydrogen-bond donors (Lipinski definition) is 2. The molecule has 1 aromatic heterocycles. The van der Waals surface area contributed by atoms with Crippen LogP contribution in [0.3, 0.4) is 0 Å². The highest BCUT2D eigenvalue weighted by molar-refractivity contribution is 7.82. The second-order valence-corrected chi connectivity index (χ2v) is 6.43. The van der Waals surface area contributed by atoms with Gasteiger partial charge in [-0.1, -0.05) is 36.0 Å². The van der Waals surface area contributed by atoms with Crippen molar-refractivity contribution >= 4 is 59.4 Å². The molecule has 10 heteroatoms. The zero-order valence-electron chi connectivity index (χ0n) is 13.4. The fraction of sp³-hybridized carbons (Fsp3) is 0. The van der Waals surface area contributed by atoms with Gasteiger partial charge in [0.05, 0.1) is 5.69 Å². The molecule has 7 nitrogen and oxygen atoms in total. The maximum absolute atomic E-state index is 12.3. The van der Waals surface area contributed by atoms with E-state index in [0.29, 0.717) is 21.4 Å². The van der Waals surface area contributed by atoms with Crippen LogP contribution < -0.4 is 14.4 Å². The lowest BCUT2D eigenvalue weighted by atomic mass is 10.3. The lowest BCUT2D eigenvalue weighted by Crippen LogP contribution is -2.26. The summed E-state index contributed by atoms with van der Waals surface area (Å²) in [5.41, 5.74) is 0.925. The van der Waals surface area contributed by atoms with Gasteiger partial charge in [-0.15, -0.1) is 0 Å². The number of ether oxygens (including phenoxy) is 1. The first kappa shape index (κ1) is 19.1. The molecule has 3 aromatic rings. The molecule has 0 aliphatic heterocycles. The molecule has 2 aromatic carbocycles. The van der Waals surface area contributed by atoms with E-state index < -0.39 is 12.0 Å². The summed E-state index contributed by atoms with van der Waals surface area (Å²) in [4.78, 5) is 27.8. The van der Waals surface area contributed by atoms with Crippen LogP contribution in [0.1, 0.15) is 10.5 Å². The molecule has 0 saturated heterocycles. The van der Waals surface area contributed by atoms with Crippen LogP contribution in [-0.2, 0) is 0 Å². The summed E-state index contributed by atoms with van der Waals surface area (Å²) < 4.78 is 10.9. The van der Waals surface area contributed by atoms with Crippen LogP contribution in [0.4, 0.5) is 16.2 Å². The summed E-state index contributed by atoms with van der Waals surface area (Å²) in [7, 11) is 0. The first-order valence-electron chi connectivity index (χ1n) is 7.39. The standard InChI is InChI=1S/C17H11Cl2N3O4S/c18-10-5-11(19)7-12(6-10)21-17(24)22(27)13-1-3-14(4-2-13)26-16(23)15-8-25-9-20-15/h1-9,27H,(H,21,24). The summed E-state index contributed by atoms with van der Waals surface area (Å²) in [6.45, 7) is 0. The van der Waals surface area contributed by atoms with Gasteiger partial charge in [0.1, 0.15) is 12.0 Å². The molecule has 0 unspecified atom stereocenters. The first-order valence-corrected chi connectivity index (χ1v) is 8.54. The van der Waals surface area contributed by atoms with Crippen LogP contribution in [0.5, 0.6) is 5.75 Å². The lowest BCUT2D eigenvalue weighted by Gasteiger charge is -2.17. The number of carbonyl (C=O) groups is 2. The molecule has 138 valence electrons. The fourth-order valence-electron chi connectivity index (χ4n) is 2.05. The third-order valence-corrected chi connectivity index (χ3v) is 4.09. The van der Waals surface area contributed by atoms with E-state index in [9.17, 15) is 9.59 Å². The number of hydrogen-bond acceptors (Lipinski definition) is 6. The van der Waals surface area contributed by atoms with Gasteiger partial charge in [-0.2, -0.15) is 0 Å².